The molecule has 0 radical (unpaired) electrons. The molecule has 0 heterocycles. The molecule has 118 valence electrons. The standard InChI is InChI=1S/C15H23FN2O3/c1-11(2)10-21-8-7-17-15(20)18-9-14(19)12-5-3-4-6-13(12)16/h3-6,11,14,19H,7-10H2,1-2H3,(H2,17,18,20). The van der Waals surface area contributed by atoms with Gasteiger partial charge in [0.15, 0.2) is 0 Å². The van der Waals surface area contributed by atoms with E-state index >= 15 is 0 Å². The van der Waals surface area contributed by atoms with E-state index in [9.17, 15) is 14.3 Å². The Balaban J connectivity index is 2.19. The minimum absolute atomic E-state index is 0.0559. The number of ether oxygens (including phenoxy) is 1. The van der Waals surface area contributed by atoms with Crippen LogP contribution in [0.4, 0.5) is 9.18 Å². The number of aliphatic hydroxyl groups is 1. The third kappa shape index (κ3) is 7.06. The molecule has 0 saturated carbocycles. The zero-order chi connectivity index (χ0) is 15.7. The Bertz CT molecular complexity index is 441. The zero-order valence-electron chi connectivity index (χ0n) is 12.4. The monoisotopic (exact) mass is 298 g/mol. The number of aliphatic hydroxyl groups excluding tert-OH is 1. The van der Waals surface area contributed by atoms with Crippen LogP contribution in [0, 0.1) is 11.7 Å². The van der Waals surface area contributed by atoms with Crippen molar-refractivity contribution >= 4 is 6.03 Å². The average Bonchev–Trinajstić information content (AvgIpc) is 2.44. The fraction of sp³-hybridized carbons (Fsp3) is 0.533. The molecule has 0 spiro atoms. The van der Waals surface area contributed by atoms with Gasteiger partial charge in [0, 0.05) is 25.3 Å². The van der Waals surface area contributed by atoms with Crippen LogP contribution in [0.1, 0.15) is 25.5 Å². The van der Waals surface area contributed by atoms with Crippen LogP contribution in [0.3, 0.4) is 0 Å². The number of urea groups is 1. The number of hydrogen-bond donors (Lipinski definition) is 3. The smallest absolute Gasteiger partial charge is 0.314 e. The summed E-state index contributed by atoms with van der Waals surface area (Å²) in [4.78, 5) is 11.5. The molecule has 0 saturated heterocycles. The molecule has 21 heavy (non-hydrogen) atoms. The molecule has 1 aromatic carbocycles. The molecule has 0 aliphatic carbocycles. The molecule has 0 aromatic heterocycles. The van der Waals surface area contributed by atoms with Crippen LogP contribution < -0.4 is 10.6 Å². The van der Waals surface area contributed by atoms with Gasteiger partial charge in [-0.05, 0) is 12.0 Å². The molecule has 0 bridgehead atoms. The number of carbonyl (C=O) groups is 1. The molecule has 0 aliphatic rings. The first-order valence-electron chi connectivity index (χ1n) is 7.02. The quantitative estimate of drug-likeness (QED) is 0.641. The first-order valence-corrected chi connectivity index (χ1v) is 7.02. The Kier molecular flexibility index (Phi) is 7.71. The normalized spacial score (nSPS) is 12.2. The predicted octanol–water partition coefficient (Wildman–Crippen LogP) is 1.83. The second-order valence-corrected chi connectivity index (χ2v) is 5.14. The van der Waals surface area contributed by atoms with Crippen molar-refractivity contribution < 1.29 is 19.0 Å². The van der Waals surface area contributed by atoms with E-state index in [-0.39, 0.29) is 12.1 Å². The van der Waals surface area contributed by atoms with Crippen LogP contribution in [0.5, 0.6) is 0 Å². The zero-order valence-corrected chi connectivity index (χ0v) is 12.4. The van der Waals surface area contributed by atoms with Crippen LogP contribution in [0.2, 0.25) is 0 Å². The lowest BCUT2D eigenvalue weighted by Crippen LogP contribution is -2.39. The lowest BCUT2D eigenvalue weighted by atomic mass is 10.1. The Morgan fingerprint density at radius 2 is 2.05 bits per heavy atom. The van der Waals surface area contributed by atoms with Crippen molar-refractivity contribution in [1.29, 1.82) is 0 Å². The van der Waals surface area contributed by atoms with E-state index in [1.807, 2.05) is 13.8 Å². The fourth-order valence-corrected chi connectivity index (χ4v) is 1.66. The Morgan fingerprint density at radius 3 is 2.71 bits per heavy atom. The van der Waals surface area contributed by atoms with Crippen molar-refractivity contribution in [2.75, 3.05) is 26.3 Å². The SMILES string of the molecule is CC(C)COCCNC(=O)NCC(O)c1ccccc1F. The second kappa shape index (κ2) is 9.31. The van der Waals surface area contributed by atoms with Crippen LogP contribution in [0.15, 0.2) is 24.3 Å². The number of benzene rings is 1. The highest BCUT2D eigenvalue weighted by molar-refractivity contribution is 5.73. The molecule has 5 nitrogen and oxygen atoms in total. The molecule has 1 atom stereocenters. The summed E-state index contributed by atoms with van der Waals surface area (Å²) in [6.45, 7) is 5.50. The number of rotatable bonds is 8. The molecular weight excluding hydrogens is 275 g/mol. The molecule has 1 rings (SSSR count). The summed E-state index contributed by atoms with van der Waals surface area (Å²) in [7, 11) is 0. The molecule has 1 aromatic rings. The van der Waals surface area contributed by atoms with Gasteiger partial charge >= 0.3 is 6.03 Å². The summed E-state index contributed by atoms with van der Waals surface area (Å²) in [5.74, 6) is -0.0379. The van der Waals surface area contributed by atoms with E-state index in [2.05, 4.69) is 10.6 Å². The Hall–Kier alpha value is -1.66. The number of halogens is 1. The van der Waals surface area contributed by atoms with E-state index in [1.54, 1.807) is 12.1 Å². The minimum atomic E-state index is -1.07. The maximum atomic E-state index is 13.4. The van der Waals surface area contributed by atoms with Gasteiger partial charge in [-0.1, -0.05) is 32.0 Å². The van der Waals surface area contributed by atoms with Gasteiger partial charge in [-0.25, -0.2) is 9.18 Å². The molecule has 6 heteroatoms. The van der Waals surface area contributed by atoms with Gasteiger partial charge in [-0.15, -0.1) is 0 Å². The molecule has 0 fully saturated rings. The van der Waals surface area contributed by atoms with Gasteiger partial charge < -0.3 is 20.5 Å². The fourth-order valence-electron chi connectivity index (χ4n) is 1.66. The Morgan fingerprint density at radius 1 is 1.33 bits per heavy atom. The van der Waals surface area contributed by atoms with Crippen LogP contribution >= 0.6 is 0 Å². The van der Waals surface area contributed by atoms with E-state index in [0.29, 0.717) is 25.7 Å². The lowest BCUT2D eigenvalue weighted by Gasteiger charge is -2.13. The summed E-state index contributed by atoms with van der Waals surface area (Å²) >= 11 is 0. The van der Waals surface area contributed by atoms with Gasteiger partial charge in [-0.3, -0.25) is 0 Å². The highest BCUT2D eigenvalue weighted by Crippen LogP contribution is 2.15. The average molecular weight is 298 g/mol. The highest BCUT2D eigenvalue weighted by atomic mass is 19.1. The van der Waals surface area contributed by atoms with Gasteiger partial charge in [0.2, 0.25) is 0 Å². The first-order chi connectivity index (χ1) is 10.0. The maximum Gasteiger partial charge on any atom is 0.314 e. The summed E-state index contributed by atoms with van der Waals surface area (Å²) < 4.78 is 18.7. The van der Waals surface area contributed by atoms with E-state index in [4.69, 9.17) is 4.74 Å². The van der Waals surface area contributed by atoms with Crippen LogP contribution in [0.25, 0.3) is 0 Å². The molecule has 2 amide bonds. The maximum absolute atomic E-state index is 13.4. The van der Waals surface area contributed by atoms with Crippen LogP contribution in [-0.4, -0.2) is 37.4 Å². The van der Waals surface area contributed by atoms with Gasteiger partial charge in [0.05, 0.1) is 12.7 Å². The molecule has 3 N–H and O–H groups in total. The largest absolute Gasteiger partial charge is 0.386 e. The van der Waals surface area contributed by atoms with Gasteiger partial charge in [0.1, 0.15) is 5.82 Å². The Labute approximate surface area is 124 Å². The summed E-state index contributed by atoms with van der Waals surface area (Å²) in [5.41, 5.74) is 0.165. The van der Waals surface area contributed by atoms with E-state index < -0.39 is 18.0 Å². The molecular formula is C15H23FN2O3. The van der Waals surface area contributed by atoms with Gasteiger partial charge in [-0.2, -0.15) is 0 Å². The topological polar surface area (TPSA) is 70.6 Å². The minimum Gasteiger partial charge on any atom is -0.386 e. The van der Waals surface area contributed by atoms with Crippen molar-refractivity contribution in [2.24, 2.45) is 5.92 Å². The summed E-state index contributed by atoms with van der Waals surface area (Å²) in [5, 5.41) is 14.9. The van der Waals surface area contributed by atoms with Crippen molar-refractivity contribution in [3.05, 3.63) is 35.6 Å². The number of amides is 2. The first kappa shape index (κ1) is 17.4. The third-order valence-electron chi connectivity index (χ3n) is 2.70. The van der Waals surface area contributed by atoms with Crippen molar-refractivity contribution in [3.8, 4) is 0 Å². The number of carbonyl (C=O) groups excluding carboxylic acids is 1. The third-order valence-corrected chi connectivity index (χ3v) is 2.70. The van der Waals surface area contributed by atoms with E-state index in [0.717, 1.165) is 0 Å². The molecule has 0 aliphatic heterocycles. The second-order valence-electron chi connectivity index (χ2n) is 5.14. The van der Waals surface area contributed by atoms with Crippen LogP contribution in [-0.2, 0) is 4.74 Å². The summed E-state index contributed by atoms with van der Waals surface area (Å²) in [6.07, 6.45) is -1.07. The summed E-state index contributed by atoms with van der Waals surface area (Å²) in [6, 6.07) is 5.51. The number of nitrogens with one attached hydrogen (secondary N) is 2. The van der Waals surface area contributed by atoms with Crippen molar-refractivity contribution in [2.45, 2.75) is 20.0 Å². The highest BCUT2D eigenvalue weighted by Gasteiger charge is 2.12. The lowest BCUT2D eigenvalue weighted by molar-refractivity contribution is 0.112. The van der Waals surface area contributed by atoms with E-state index in [1.165, 1.54) is 12.1 Å². The number of hydrogen-bond acceptors (Lipinski definition) is 3. The van der Waals surface area contributed by atoms with Gasteiger partial charge in [0.25, 0.3) is 0 Å². The predicted molar refractivity (Wildman–Crippen MR) is 78.4 cm³/mol. The molecule has 1 unspecified atom stereocenters. The van der Waals surface area contributed by atoms with Crippen molar-refractivity contribution in [1.82, 2.24) is 10.6 Å². The van der Waals surface area contributed by atoms with Crippen molar-refractivity contribution in [3.63, 3.8) is 0 Å².